The molecule has 0 saturated carbocycles. The van der Waals surface area contributed by atoms with E-state index in [0.29, 0.717) is 0 Å². The normalized spacial score (nSPS) is 22.9. The highest BCUT2D eigenvalue weighted by atomic mass is 16.5. The summed E-state index contributed by atoms with van der Waals surface area (Å²) in [5.74, 6) is 1.06. The van der Waals surface area contributed by atoms with Gasteiger partial charge in [-0.25, -0.2) is 0 Å². The van der Waals surface area contributed by atoms with Crippen LogP contribution >= 0.6 is 0 Å². The van der Waals surface area contributed by atoms with Gasteiger partial charge in [-0.2, -0.15) is 0 Å². The Bertz CT molecular complexity index is 297. The molecule has 1 rings (SSSR count). The third-order valence-electron chi connectivity index (χ3n) is 3.20. The number of hydrogen-bond acceptors (Lipinski definition) is 1. The third-order valence-corrected chi connectivity index (χ3v) is 3.20. The van der Waals surface area contributed by atoms with Gasteiger partial charge in [0.25, 0.3) is 0 Å². The molecule has 17 heavy (non-hydrogen) atoms. The first-order valence-corrected chi connectivity index (χ1v) is 6.90. The maximum Gasteiger partial charge on any atom is 0.119 e. The Hall–Kier alpha value is -0.980. The van der Waals surface area contributed by atoms with Crippen LogP contribution in [0.3, 0.4) is 0 Å². The molecule has 0 aromatic carbocycles. The van der Waals surface area contributed by atoms with Crippen molar-refractivity contribution in [2.75, 3.05) is 6.61 Å². The predicted octanol–water partition coefficient (Wildman–Crippen LogP) is 5.26. The summed E-state index contributed by atoms with van der Waals surface area (Å²) in [6.45, 7) is 13.5. The molecule has 0 spiro atoms. The molecule has 1 unspecified atom stereocenters. The van der Waals surface area contributed by atoms with Gasteiger partial charge in [-0.3, -0.25) is 0 Å². The molecule has 0 aromatic rings. The lowest BCUT2D eigenvalue weighted by Gasteiger charge is -2.28. The van der Waals surface area contributed by atoms with Gasteiger partial charge >= 0.3 is 0 Å². The molecule has 0 amide bonds. The highest BCUT2D eigenvalue weighted by molar-refractivity contribution is 5.35. The SMILES string of the molecule is CC.CCOC1=C(CC)C(C)(CC)C=CC=C1. The summed E-state index contributed by atoms with van der Waals surface area (Å²) in [6, 6.07) is 0. The fourth-order valence-electron chi connectivity index (χ4n) is 2.09. The van der Waals surface area contributed by atoms with Crippen LogP contribution in [0.25, 0.3) is 0 Å². The summed E-state index contributed by atoms with van der Waals surface area (Å²) < 4.78 is 5.72. The van der Waals surface area contributed by atoms with E-state index in [1.54, 1.807) is 0 Å². The summed E-state index contributed by atoms with van der Waals surface area (Å²) in [4.78, 5) is 0. The van der Waals surface area contributed by atoms with Gasteiger partial charge in [0.2, 0.25) is 0 Å². The molecule has 0 saturated heterocycles. The molecule has 1 aliphatic carbocycles. The summed E-state index contributed by atoms with van der Waals surface area (Å²) in [7, 11) is 0. The zero-order valence-corrected chi connectivity index (χ0v) is 12.3. The standard InChI is InChI=1S/C14H22O.C2H6/c1-5-12-13(15-7-3)10-8-9-11-14(12,4)6-2;1-2/h8-11H,5-7H2,1-4H3;1-2H3. The summed E-state index contributed by atoms with van der Waals surface area (Å²) in [5, 5.41) is 0. The Balaban J connectivity index is 0.00000121. The summed E-state index contributed by atoms with van der Waals surface area (Å²) >= 11 is 0. The monoisotopic (exact) mass is 236 g/mol. The van der Waals surface area contributed by atoms with Crippen LogP contribution in [0.5, 0.6) is 0 Å². The molecule has 0 fully saturated rings. The van der Waals surface area contributed by atoms with Gasteiger partial charge in [0.1, 0.15) is 5.76 Å². The van der Waals surface area contributed by atoms with Crippen LogP contribution in [0.1, 0.15) is 54.4 Å². The first-order valence-electron chi connectivity index (χ1n) is 6.90. The lowest BCUT2D eigenvalue weighted by molar-refractivity contribution is 0.230. The van der Waals surface area contributed by atoms with Crippen molar-refractivity contribution >= 4 is 0 Å². The third kappa shape index (κ3) is 4.07. The maximum atomic E-state index is 5.72. The Morgan fingerprint density at radius 2 is 1.76 bits per heavy atom. The van der Waals surface area contributed by atoms with E-state index < -0.39 is 0 Å². The molecule has 1 heteroatoms. The van der Waals surface area contributed by atoms with Crippen molar-refractivity contribution in [3.63, 3.8) is 0 Å². The minimum Gasteiger partial charge on any atom is -0.494 e. The van der Waals surface area contributed by atoms with Gasteiger partial charge in [-0.1, -0.05) is 52.8 Å². The van der Waals surface area contributed by atoms with Crippen molar-refractivity contribution in [3.05, 3.63) is 35.6 Å². The van der Waals surface area contributed by atoms with Gasteiger partial charge in [0, 0.05) is 5.41 Å². The largest absolute Gasteiger partial charge is 0.494 e. The Morgan fingerprint density at radius 3 is 2.24 bits per heavy atom. The average molecular weight is 236 g/mol. The molecule has 0 aromatic heterocycles. The Morgan fingerprint density at radius 1 is 1.12 bits per heavy atom. The van der Waals surface area contributed by atoms with E-state index in [4.69, 9.17) is 4.74 Å². The molecule has 1 nitrogen and oxygen atoms in total. The second-order valence-electron chi connectivity index (χ2n) is 4.12. The topological polar surface area (TPSA) is 9.23 Å². The quantitative estimate of drug-likeness (QED) is 0.647. The Kier molecular flexibility index (Phi) is 7.69. The van der Waals surface area contributed by atoms with E-state index in [2.05, 4.69) is 45.1 Å². The lowest BCUT2D eigenvalue weighted by Crippen LogP contribution is -2.17. The molecule has 0 bridgehead atoms. The fraction of sp³-hybridized carbons (Fsp3) is 0.625. The van der Waals surface area contributed by atoms with Gasteiger partial charge < -0.3 is 4.74 Å². The van der Waals surface area contributed by atoms with Crippen molar-refractivity contribution in [3.8, 4) is 0 Å². The van der Waals surface area contributed by atoms with E-state index in [9.17, 15) is 0 Å². The van der Waals surface area contributed by atoms with Gasteiger partial charge in [0.15, 0.2) is 0 Å². The second-order valence-corrected chi connectivity index (χ2v) is 4.12. The van der Waals surface area contributed by atoms with Crippen LogP contribution in [-0.4, -0.2) is 6.61 Å². The molecule has 0 heterocycles. The van der Waals surface area contributed by atoms with Crippen LogP contribution in [0.2, 0.25) is 0 Å². The van der Waals surface area contributed by atoms with Crippen molar-refractivity contribution in [2.45, 2.75) is 54.4 Å². The van der Waals surface area contributed by atoms with Crippen molar-refractivity contribution < 1.29 is 4.74 Å². The van der Waals surface area contributed by atoms with Crippen LogP contribution < -0.4 is 0 Å². The summed E-state index contributed by atoms with van der Waals surface area (Å²) in [5.41, 5.74) is 1.57. The number of ether oxygens (including phenoxy) is 1. The van der Waals surface area contributed by atoms with E-state index in [0.717, 1.165) is 25.2 Å². The van der Waals surface area contributed by atoms with Crippen molar-refractivity contribution in [1.29, 1.82) is 0 Å². The van der Waals surface area contributed by atoms with Gasteiger partial charge in [-0.15, -0.1) is 0 Å². The molecule has 98 valence electrons. The van der Waals surface area contributed by atoms with E-state index >= 15 is 0 Å². The van der Waals surface area contributed by atoms with Gasteiger partial charge in [0.05, 0.1) is 6.61 Å². The van der Waals surface area contributed by atoms with Crippen LogP contribution in [0.15, 0.2) is 35.6 Å². The lowest BCUT2D eigenvalue weighted by atomic mass is 9.78. The number of hydrogen-bond donors (Lipinski definition) is 0. The molecule has 1 aliphatic rings. The zero-order valence-electron chi connectivity index (χ0n) is 12.3. The molecular formula is C16H28O. The fourth-order valence-corrected chi connectivity index (χ4v) is 2.09. The predicted molar refractivity (Wildman–Crippen MR) is 77.0 cm³/mol. The molecule has 0 N–H and O–H groups in total. The highest BCUT2D eigenvalue weighted by Crippen LogP contribution is 2.38. The minimum atomic E-state index is 0.156. The molecule has 1 atom stereocenters. The van der Waals surface area contributed by atoms with E-state index in [1.165, 1.54) is 5.57 Å². The number of rotatable bonds is 4. The average Bonchev–Trinajstić information content (AvgIpc) is 2.52. The van der Waals surface area contributed by atoms with E-state index in [1.807, 2.05) is 20.8 Å². The summed E-state index contributed by atoms with van der Waals surface area (Å²) in [6.07, 6.45) is 10.7. The molecule has 0 aliphatic heterocycles. The van der Waals surface area contributed by atoms with Gasteiger partial charge in [-0.05, 0) is 31.4 Å². The maximum absolute atomic E-state index is 5.72. The highest BCUT2D eigenvalue weighted by Gasteiger charge is 2.26. The zero-order chi connectivity index (χ0) is 13.3. The smallest absolute Gasteiger partial charge is 0.119 e. The first-order chi connectivity index (χ1) is 8.18. The van der Waals surface area contributed by atoms with E-state index in [-0.39, 0.29) is 5.41 Å². The van der Waals surface area contributed by atoms with Crippen molar-refractivity contribution in [2.24, 2.45) is 5.41 Å². The van der Waals surface area contributed by atoms with Crippen LogP contribution in [0.4, 0.5) is 0 Å². The molecule has 0 radical (unpaired) electrons. The molecular weight excluding hydrogens is 208 g/mol. The van der Waals surface area contributed by atoms with Crippen LogP contribution in [0, 0.1) is 5.41 Å². The second kappa shape index (κ2) is 8.16. The Labute approximate surface area is 107 Å². The van der Waals surface area contributed by atoms with Crippen molar-refractivity contribution in [1.82, 2.24) is 0 Å². The number of allylic oxidation sites excluding steroid dienone is 5. The van der Waals surface area contributed by atoms with Crippen LogP contribution in [-0.2, 0) is 4.74 Å². The minimum absolute atomic E-state index is 0.156. The first kappa shape index (κ1) is 16.0.